The molecular weight excluding hydrogens is 136 g/mol. The molecular formula is C6H14O4. The molecule has 0 aromatic carbocycles. The molecule has 0 aliphatic heterocycles. The number of hydrogen-bond acceptors (Lipinski definition) is 4. The zero-order chi connectivity index (χ0) is 8.20. The van der Waals surface area contributed by atoms with Crippen LogP contribution in [-0.4, -0.2) is 22.1 Å². The summed E-state index contributed by atoms with van der Waals surface area (Å²) < 4.78 is 0. The third kappa shape index (κ3) is 4.69. The first kappa shape index (κ1) is 9.84. The summed E-state index contributed by atoms with van der Waals surface area (Å²) in [6, 6.07) is 0. The van der Waals surface area contributed by atoms with E-state index in [2.05, 4.69) is 9.93 Å². The van der Waals surface area contributed by atoms with E-state index in [9.17, 15) is 0 Å². The minimum Gasteiger partial charge on any atom is -0.393 e. The van der Waals surface area contributed by atoms with Gasteiger partial charge in [-0.2, -0.15) is 0 Å². The van der Waals surface area contributed by atoms with E-state index >= 15 is 0 Å². The Morgan fingerprint density at radius 3 is 2.30 bits per heavy atom. The van der Waals surface area contributed by atoms with Gasteiger partial charge in [0.05, 0.1) is 6.10 Å². The van der Waals surface area contributed by atoms with Crippen molar-refractivity contribution in [1.82, 2.24) is 0 Å². The van der Waals surface area contributed by atoms with Crippen LogP contribution in [0.25, 0.3) is 0 Å². The topological polar surface area (TPSA) is 58.9 Å². The highest BCUT2D eigenvalue weighted by Gasteiger charge is 2.22. The first-order valence-electron chi connectivity index (χ1n) is 3.15. The minimum absolute atomic E-state index is 0.410. The zero-order valence-corrected chi connectivity index (χ0v) is 6.50. The summed E-state index contributed by atoms with van der Waals surface area (Å²) in [6.45, 7) is 5.05. The van der Waals surface area contributed by atoms with Crippen LogP contribution in [0.1, 0.15) is 27.2 Å². The molecule has 0 saturated carbocycles. The summed E-state index contributed by atoms with van der Waals surface area (Å²) in [7, 11) is 0. The summed E-state index contributed by atoms with van der Waals surface area (Å²) in [6.07, 6.45) is -0.0572. The van der Waals surface area contributed by atoms with E-state index in [4.69, 9.17) is 10.4 Å². The molecule has 0 bridgehead atoms. The molecule has 0 aliphatic carbocycles. The van der Waals surface area contributed by atoms with Gasteiger partial charge in [-0.05, 0) is 20.8 Å². The van der Waals surface area contributed by atoms with Crippen molar-refractivity contribution in [3.63, 3.8) is 0 Å². The van der Waals surface area contributed by atoms with E-state index in [1.807, 2.05) is 0 Å². The standard InChI is InChI=1S/C6H14O4/c1-5(7)4-6(2,3)9-10-8/h5,7-8H,4H2,1-3H3. The van der Waals surface area contributed by atoms with E-state index in [1.54, 1.807) is 20.8 Å². The highest BCUT2D eigenvalue weighted by atomic mass is 17.5. The quantitative estimate of drug-likeness (QED) is 0.463. The fourth-order valence-electron chi connectivity index (χ4n) is 0.846. The van der Waals surface area contributed by atoms with E-state index in [0.29, 0.717) is 6.42 Å². The number of hydrogen-bond donors (Lipinski definition) is 2. The summed E-state index contributed by atoms with van der Waals surface area (Å²) in [5.74, 6) is 0. The average molecular weight is 150 g/mol. The monoisotopic (exact) mass is 150 g/mol. The molecule has 0 radical (unpaired) electrons. The van der Waals surface area contributed by atoms with Crippen molar-refractivity contribution in [3.05, 3.63) is 0 Å². The van der Waals surface area contributed by atoms with E-state index in [1.165, 1.54) is 0 Å². The van der Waals surface area contributed by atoms with Gasteiger partial charge in [-0.25, -0.2) is 10.1 Å². The van der Waals surface area contributed by atoms with Crippen LogP contribution >= 0.6 is 0 Å². The van der Waals surface area contributed by atoms with Crippen molar-refractivity contribution < 1.29 is 20.3 Å². The first-order valence-corrected chi connectivity index (χ1v) is 3.15. The summed E-state index contributed by atoms with van der Waals surface area (Å²) in [5.41, 5.74) is -0.650. The molecule has 0 aromatic rings. The SMILES string of the molecule is CC(O)CC(C)(C)OOO. The normalized spacial score (nSPS) is 15.3. The Morgan fingerprint density at radius 2 is 2.00 bits per heavy atom. The van der Waals surface area contributed by atoms with Crippen molar-refractivity contribution in [1.29, 1.82) is 0 Å². The molecule has 0 aliphatic rings. The lowest BCUT2D eigenvalue weighted by Crippen LogP contribution is -2.28. The molecule has 1 atom stereocenters. The zero-order valence-electron chi connectivity index (χ0n) is 6.50. The molecule has 0 spiro atoms. The van der Waals surface area contributed by atoms with Crippen LogP contribution in [0.15, 0.2) is 0 Å². The van der Waals surface area contributed by atoms with Gasteiger partial charge in [-0.1, -0.05) is 5.04 Å². The molecule has 0 fully saturated rings. The third-order valence-electron chi connectivity index (χ3n) is 1.05. The number of aliphatic hydroxyl groups is 1. The predicted molar refractivity (Wildman–Crippen MR) is 35.2 cm³/mol. The van der Waals surface area contributed by atoms with Crippen molar-refractivity contribution in [2.24, 2.45) is 0 Å². The van der Waals surface area contributed by atoms with Crippen LogP contribution < -0.4 is 0 Å². The lowest BCUT2D eigenvalue weighted by atomic mass is 10.0. The molecule has 4 heteroatoms. The van der Waals surface area contributed by atoms with E-state index < -0.39 is 11.7 Å². The van der Waals surface area contributed by atoms with Crippen molar-refractivity contribution in [2.45, 2.75) is 38.9 Å². The summed E-state index contributed by atoms with van der Waals surface area (Å²) >= 11 is 0. The van der Waals surface area contributed by atoms with Gasteiger partial charge < -0.3 is 5.11 Å². The molecule has 10 heavy (non-hydrogen) atoms. The number of aliphatic hydroxyl groups excluding tert-OH is 1. The van der Waals surface area contributed by atoms with Crippen LogP contribution in [0.5, 0.6) is 0 Å². The lowest BCUT2D eigenvalue weighted by molar-refractivity contribution is -0.523. The summed E-state index contributed by atoms with van der Waals surface area (Å²) in [5, 5.41) is 20.3. The Bertz CT molecular complexity index is 89.7. The van der Waals surface area contributed by atoms with Gasteiger partial charge in [0.25, 0.3) is 0 Å². The van der Waals surface area contributed by atoms with Crippen LogP contribution in [0, 0.1) is 0 Å². The van der Waals surface area contributed by atoms with Gasteiger partial charge in [0, 0.05) is 6.42 Å². The minimum atomic E-state index is -0.650. The third-order valence-corrected chi connectivity index (χ3v) is 1.05. The largest absolute Gasteiger partial charge is 0.393 e. The fourth-order valence-corrected chi connectivity index (χ4v) is 0.846. The van der Waals surface area contributed by atoms with Gasteiger partial charge in [0.1, 0.15) is 5.60 Å². The van der Waals surface area contributed by atoms with Crippen molar-refractivity contribution in [3.8, 4) is 0 Å². The van der Waals surface area contributed by atoms with Gasteiger partial charge in [0.2, 0.25) is 0 Å². The molecule has 0 saturated heterocycles. The second kappa shape index (κ2) is 3.88. The van der Waals surface area contributed by atoms with Crippen LogP contribution in [0.4, 0.5) is 0 Å². The molecule has 1 unspecified atom stereocenters. The van der Waals surface area contributed by atoms with E-state index in [-0.39, 0.29) is 0 Å². The Balaban J connectivity index is 3.63. The van der Waals surface area contributed by atoms with Crippen LogP contribution in [-0.2, 0) is 9.93 Å². The maximum Gasteiger partial charge on any atom is 0.104 e. The van der Waals surface area contributed by atoms with Crippen molar-refractivity contribution >= 4 is 0 Å². The number of rotatable bonds is 4. The van der Waals surface area contributed by atoms with Gasteiger partial charge in [-0.3, -0.25) is 0 Å². The van der Waals surface area contributed by atoms with Gasteiger partial charge >= 0.3 is 0 Å². The van der Waals surface area contributed by atoms with Crippen LogP contribution in [0.3, 0.4) is 0 Å². The molecule has 0 heterocycles. The van der Waals surface area contributed by atoms with Crippen LogP contribution in [0.2, 0.25) is 0 Å². The van der Waals surface area contributed by atoms with E-state index in [0.717, 1.165) is 0 Å². The maximum absolute atomic E-state index is 8.90. The second-order valence-electron chi connectivity index (χ2n) is 2.97. The molecule has 62 valence electrons. The first-order chi connectivity index (χ1) is 4.48. The Morgan fingerprint density at radius 1 is 1.50 bits per heavy atom. The molecule has 0 aromatic heterocycles. The molecule has 0 amide bonds. The summed E-state index contributed by atoms with van der Waals surface area (Å²) in [4.78, 5) is 4.44. The lowest BCUT2D eigenvalue weighted by Gasteiger charge is -2.22. The highest BCUT2D eigenvalue weighted by Crippen LogP contribution is 2.16. The molecule has 2 N–H and O–H groups in total. The van der Waals surface area contributed by atoms with Crippen molar-refractivity contribution in [2.75, 3.05) is 0 Å². The van der Waals surface area contributed by atoms with Gasteiger partial charge in [-0.15, -0.1) is 0 Å². The Hall–Kier alpha value is -0.160. The second-order valence-corrected chi connectivity index (χ2v) is 2.97. The average Bonchev–Trinajstić information content (AvgIpc) is 1.59. The maximum atomic E-state index is 8.90. The van der Waals surface area contributed by atoms with Gasteiger partial charge in [0.15, 0.2) is 0 Å². The smallest absolute Gasteiger partial charge is 0.104 e. The molecule has 4 nitrogen and oxygen atoms in total. The Kier molecular flexibility index (Phi) is 3.81. The predicted octanol–water partition coefficient (Wildman–Crippen LogP) is 0.957. The fraction of sp³-hybridized carbons (Fsp3) is 1.00. The highest BCUT2D eigenvalue weighted by molar-refractivity contribution is 4.69. The Labute approximate surface area is 60.2 Å². The molecule has 0 rings (SSSR count).